The van der Waals surface area contributed by atoms with Crippen molar-refractivity contribution in [1.82, 2.24) is 10.2 Å². The summed E-state index contributed by atoms with van der Waals surface area (Å²) in [5.41, 5.74) is 0.139. The van der Waals surface area contributed by atoms with Gasteiger partial charge in [0.05, 0.1) is 13.5 Å². The molecule has 4 nitrogen and oxygen atoms in total. The third kappa shape index (κ3) is 4.28. The van der Waals surface area contributed by atoms with Gasteiger partial charge >= 0.3 is 5.97 Å². The van der Waals surface area contributed by atoms with E-state index < -0.39 is 0 Å². The van der Waals surface area contributed by atoms with Crippen molar-refractivity contribution in [3.8, 4) is 0 Å². The highest BCUT2D eigenvalue weighted by Gasteiger charge is 2.31. The third-order valence-corrected chi connectivity index (χ3v) is 3.45. The number of esters is 1. The van der Waals surface area contributed by atoms with Crippen LogP contribution in [0.25, 0.3) is 0 Å². The van der Waals surface area contributed by atoms with E-state index >= 15 is 0 Å². The fourth-order valence-electron chi connectivity index (χ4n) is 2.49. The molecule has 2 atom stereocenters. The fraction of sp³-hybridized carbons (Fsp3) is 0.923. The van der Waals surface area contributed by atoms with Crippen molar-refractivity contribution in [2.24, 2.45) is 0 Å². The second kappa shape index (κ2) is 5.83. The van der Waals surface area contributed by atoms with Gasteiger partial charge in [-0.15, -0.1) is 0 Å². The molecule has 0 aromatic rings. The van der Waals surface area contributed by atoms with Gasteiger partial charge in [0.15, 0.2) is 0 Å². The van der Waals surface area contributed by atoms with Gasteiger partial charge in [0.25, 0.3) is 0 Å². The molecule has 1 aliphatic heterocycles. The topological polar surface area (TPSA) is 41.6 Å². The highest BCUT2D eigenvalue weighted by atomic mass is 16.5. The van der Waals surface area contributed by atoms with Crippen molar-refractivity contribution in [2.45, 2.75) is 58.2 Å². The summed E-state index contributed by atoms with van der Waals surface area (Å²) in [6.07, 6.45) is 1.57. The van der Waals surface area contributed by atoms with E-state index in [2.05, 4.69) is 37.9 Å². The second-order valence-corrected chi connectivity index (χ2v) is 5.89. The molecule has 0 radical (unpaired) electrons. The average molecular weight is 242 g/mol. The molecular weight excluding hydrogens is 216 g/mol. The number of ether oxygens (including phenoxy) is 1. The lowest BCUT2D eigenvalue weighted by Crippen LogP contribution is -2.50. The first-order valence-electron chi connectivity index (χ1n) is 6.41. The van der Waals surface area contributed by atoms with E-state index in [1.807, 2.05) is 0 Å². The van der Waals surface area contributed by atoms with Gasteiger partial charge in [-0.3, -0.25) is 9.69 Å². The van der Waals surface area contributed by atoms with Crippen LogP contribution in [0.5, 0.6) is 0 Å². The van der Waals surface area contributed by atoms with Gasteiger partial charge in [-0.25, -0.2) is 0 Å². The van der Waals surface area contributed by atoms with Gasteiger partial charge in [0.2, 0.25) is 0 Å². The molecule has 1 saturated heterocycles. The lowest BCUT2D eigenvalue weighted by molar-refractivity contribution is -0.141. The van der Waals surface area contributed by atoms with Crippen molar-refractivity contribution in [2.75, 3.05) is 20.2 Å². The zero-order valence-electron chi connectivity index (χ0n) is 11.7. The molecule has 2 unspecified atom stereocenters. The molecule has 0 saturated carbocycles. The van der Waals surface area contributed by atoms with Gasteiger partial charge < -0.3 is 10.1 Å². The van der Waals surface area contributed by atoms with Crippen LogP contribution in [0.3, 0.4) is 0 Å². The Morgan fingerprint density at radius 3 is 2.65 bits per heavy atom. The zero-order chi connectivity index (χ0) is 13.1. The SMILES string of the molecule is COC(=O)CC1CN(C(C)(C)C)C(C)CCN1. The van der Waals surface area contributed by atoms with Gasteiger partial charge in [0, 0.05) is 24.2 Å². The standard InChI is InChI=1S/C13H26N2O2/c1-10-6-7-14-11(8-12(16)17-5)9-15(10)13(2,3)4/h10-11,14H,6-9H2,1-5H3. The summed E-state index contributed by atoms with van der Waals surface area (Å²) >= 11 is 0. The van der Waals surface area contributed by atoms with E-state index in [0.29, 0.717) is 12.5 Å². The maximum Gasteiger partial charge on any atom is 0.307 e. The number of hydrogen-bond donors (Lipinski definition) is 1. The highest BCUT2D eigenvalue weighted by molar-refractivity contribution is 5.69. The Morgan fingerprint density at radius 2 is 2.12 bits per heavy atom. The average Bonchev–Trinajstić information content (AvgIpc) is 2.40. The molecule has 1 fully saturated rings. The van der Waals surface area contributed by atoms with Crippen LogP contribution in [0.1, 0.15) is 40.5 Å². The second-order valence-electron chi connectivity index (χ2n) is 5.89. The number of rotatable bonds is 2. The summed E-state index contributed by atoms with van der Waals surface area (Å²) in [6, 6.07) is 0.747. The Morgan fingerprint density at radius 1 is 1.47 bits per heavy atom. The first-order chi connectivity index (χ1) is 7.84. The summed E-state index contributed by atoms with van der Waals surface area (Å²) in [7, 11) is 1.45. The number of nitrogens with zero attached hydrogens (tertiary/aromatic N) is 1. The molecule has 0 aromatic heterocycles. The molecule has 0 amide bonds. The maximum atomic E-state index is 11.3. The molecule has 0 spiro atoms. The molecule has 1 N–H and O–H groups in total. The number of carbonyl (C=O) groups is 1. The molecule has 0 aliphatic carbocycles. The number of carbonyl (C=O) groups excluding carboxylic acids is 1. The number of hydrogen-bond acceptors (Lipinski definition) is 4. The van der Waals surface area contributed by atoms with E-state index in [4.69, 9.17) is 4.74 Å². The zero-order valence-corrected chi connectivity index (χ0v) is 11.7. The van der Waals surface area contributed by atoms with Gasteiger partial charge in [-0.05, 0) is 40.7 Å². The van der Waals surface area contributed by atoms with Crippen molar-refractivity contribution < 1.29 is 9.53 Å². The molecule has 17 heavy (non-hydrogen) atoms. The van der Waals surface area contributed by atoms with Crippen LogP contribution in [0.2, 0.25) is 0 Å². The predicted molar refractivity (Wildman–Crippen MR) is 69.0 cm³/mol. The Kier molecular flexibility index (Phi) is 4.95. The lowest BCUT2D eigenvalue weighted by Gasteiger charge is -2.40. The minimum Gasteiger partial charge on any atom is -0.469 e. The molecule has 0 bridgehead atoms. The quantitative estimate of drug-likeness (QED) is 0.743. The van der Waals surface area contributed by atoms with Crippen LogP contribution in [0.4, 0.5) is 0 Å². The largest absolute Gasteiger partial charge is 0.469 e. The number of methoxy groups -OCH3 is 1. The normalized spacial score (nSPS) is 27.6. The summed E-state index contributed by atoms with van der Waals surface area (Å²) in [5.74, 6) is -0.133. The van der Waals surface area contributed by atoms with Crippen molar-refractivity contribution >= 4 is 5.97 Å². The van der Waals surface area contributed by atoms with Gasteiger partial charge in [-0.1, -0.05) is 0 Å². The molecule has 4 heteroatoms. The minimum atomic E-state index is -0.133. The van der Waals surface area contributed by atoms with Crippen LogP contribution in [0.15, 0.2) is 0 Å². The summed E-state index contributed by atoms with van der Waals surface area (Å²) < 4.78 is 4.74. The highest BCUT2D eigenvalue weighted by Crippen LogP contribution is 2.21. The molecule has 0 aromatic carbocycles. The maximum absolute atomic E-state index is 11.3. The number of nitrogens with one attached hydrogen (secondary N) is 1. The molecule has 1 rings (SSSR count). The Bertz CT molecular complexity index is 261. The van der Waals surface area contributed by atoms with Crippen LogP contribution in [0, 0.1) is 0 Å². The van der Waals surface area contributed by atoms with Crippen molar-refractivity contribution in [3.05, 3.63) is 0 Å². The molecule has 1 aliphatic rings. The van der Waals surface area contributed by atoms with Crippen LogP contribution < -0.4 is 5.32 Å². The first kappa shape index (κ1) is 14.5. The predicted octanol–water partition coefficient (Wildman–Crippen LogP) is 1.40. The van der Waals surface area contributed by atoms with Gasteiger partial charge in [-0.2, -0.15) is 0 Å². The lowest BCUT2D eigenvalue weighted by atomic mass is 10.0. The van der Waals surface area contributed by atoms with E-state index in [9.17, 15) is 4.79 Å². The van der Waals surface area contributed by atoms with Crippen LogP contribution in [-0.4, -0.2) is 48.7 Å². The third-order valence-electron chi connectivity index (χ3n) is 3.45. The Hall–Kier alpha value is -0.610. The van der Waals surface area contributed by atoms with E-state index in [-0.39, 0.29) is 17.6 Å². The summed E-state index contributed by atoms with van der Waals surface area (Å²) in [5, 5.41) is 3.44. The first-order valence-corrected chi connectivity index (χ1v) is 6.41. The van der Waals surface area contributed by atoms with Crippen LogP contribution in [-0.2, 0) is 9.53 Å². The van der Waals surface area contributed by atoms with Crippen molar-refractivity contribution in [1.29, 1.82) is 0 Å². The Labute approximate surface area is 105 Å². The van der Waals surface area contributed by atoms with Crippen molar-refractivity contribution in [3.63, 3.8) is 0 Å². The monoisotopic (exact) mass is 242 g/mol. The fourth-order valence-corrected chi connectivity index (χ4v) is 2.49. The van der Waals surface area contributed by atoms with E-state index in [1.54, 1.807) is 0 Å². The smallest absolute Gasteiger partial charge is 0.307 e. The van der Waals surface area contributed by atoms with E-state index in [0.717, 1.165) is 19.5 Å². The molecule has 1 heterocycles. The molecule has 100 valence electrons. The summed E-state index contributed by atoms with van der Waals surface area (Å²) in [6.45, 7) is 10.8. The van der Waals surface area contributed by atoms with Gasteiger partial charge in [0.1, 0.15) is 0 Å². The minimum absolute atomic E-state index is 0.133. The molecular formula is C13H26N2O2. The van der Waals surface area contributed by atoms with E-state index in [1.165, 1.54) is 7.11 Å². The van der Waals surface area contributed by atoms with Crippen LogP contribution >= 0.6 is 0 Å². The Balaban J connectivity index is 2.67. The summed E-state index contributed by atoms with van der Waals surface area (Å²) in [4.78, 5) is 13.8.